The minimum absolute atomic E-state index is 0.0739. The number of benzene rings is 1. The standard InChI is InChI=1S/C30H44N4O9/c1-4-23-5-7-24(8-6-23)32-26(36)21-31-30(39)29(22(2)3)33-25(35)11-13-40-15-17-42-19-20-43-18-16-41-14-12-34-27(37)9-10-28(34)38/h5-10,22,29H,4,11-21H2,1-3H3,(H,31,39)(H,32,36)(H,33,35). The van der Waals surface area contributed by atoms with Crippen LogP contribution in [0.2, 0.25) is 0 Å². The van der Waals surface area contributed by atoms with Gasteiger partial charge in [0.1, 0.15) is 6.04 Å². The second-order valence-electron chi connectivity index (χ2n) is 9.97. The summed E-state index contributed by atoms with van der Waals surface area (Å²) in [5.41, 5.74) is 1.81. The second kappa shape index (κ2) is 20.3. The van der Waals surface area contributed by atoms with Crippen molar-refractivity contribution in [1.82, 2.24) is 15.5 Å². The van der Waals surface area contributed by atoms with Crippen LogP contribution in [0.3, 0.4) is 0 Å². The molecule has 5 amide bonds. The van der Waals surface area contributed by atoms with Gasteiger partial charge in [-0.25, -0.2) is 0 Å². The Hall–Kier alpha value is -3.65. The third kappa shape index (κ3) is 14.4. The lowest BCUT2D eigenvalue weighted by Gasteiger charge is -2.21. The molecule has 1 aliphatic rings. The molecular formula is C30H44N4O9. The Labute approximate surface area is 252 Å². The van der Waals surface area contributed by atoms with Crippen LogP contribution in [0.25, 0.3) is 0 Å². The first-order valence-corrected chi connectivity index (χ1v) is 14.5. The summed E-state index contributed by atoms with van der Waals surface area (Å²) in [5.74, 6) is -1.97. The number of carbonyl (C=O) groups is 5. The normalized spacial score (nSPS) is 13.4. The number of aryl methyl sites for hydroxylation is 1. The maximum Gasteiger partial charge on any atom is 0.253 e. The topological polar surface area (TPSA) is 162 Å². The Balaban J connectivity index is 1.45. The molecule has 1 heterocycles. The van der Waals surface area contributed by atoms with E-state index in [1.807, 2.05) is 45.0 Å². The highest BCUT2D eigenvalue weighted by molar-refractivity contribution is 6.12. The zero-order valence-corrected chi connectivity index (χ0v) is 25.2. The highest BCUT2D eigenvalue weighted by Gasteiger charge is 2.24. The van der Waals surface area contributed by atoms with E-state index < -0.39 is 11.9 Å². The molecule has 0 bridgehead atoms. The van der Waals surface area contributed by atoms with E-state index in [0.717, 1.165) is 16.9 Å². The van der Waals surface area contributed by atoms with Gasteiger partial charge in [0, 0.05) is 24.3 Å². The highest BCUT2D eigenvalue weighted by atomic mass is 16.6. The zero-order chi connectivity index (χ0) is 31.5. The Kier molecular flexibility index (Phi) is 16.8. The van der Waals surface area contributed by atoms with E-state index >= 15 is 0 Å². The molecule has 0 fully saturated rings. The summed E-state index contributed by atoms with van der Waals surface area (Å²) in [6, 6.07) is 6.70. The van der Waals surface area contributed by atoms with E-state index in [1.54, 1.807) is 0 Å². The van der Waals surface area contributed by atoms with Crippen LogP contribution < -0.4 is 16.0 Å². The number of nitrogens with zero attached hydrogens (tertiary/aromatic N) is 1. The number of carbonyl (C=O) groups excluding carboxylic acids is 5. The maximum atomic E-state index is 12.6. The molecule has 1 atom stereocenters. The average molecular weight is 605 g/mol. The molecule has 1 unspecified atom stereocenters. The summed E-state index contributed by atoms with van der Waals surface area (Å²) < 4.78 is 21.6. The van der Waals surface area contributed by atoms with E-state index in [2.05, 4.69) is 16.0 Å². The molecule has 0 saturated carbocycles. The van der Waals surface area contributed by atoms with E-state index in [9.17, 15) is 24.0 Å². The minimum Gasteiger partial charge on any atom is -0.379 e. The van der Waals surface area contributed by atoms with Gasteiger partial charge in [-0.2, -0.15) is 0 Å². The van der Waals surface area contributed by atoms with Crippen LogP contribution in [0.5, 0.6) is 0 Å². The van der Waals surface area contributed by atoms with Gasteiger partial charge in [-0.3, -0.25) is 28.9 Å². The van der Waals surface area contributed by atoms with Crippen molar-refractivity contribution in [2.75, 3.05) is 71.3 Å². The maximum absolute atomic E-state index is 12.6. The van der Waals surface area contributed by atoms with Gasteiger partial charge < -0.3 is 34.9 Å². The van der Waals surface area contributed by atoms with E-state index in [4.69, 9.17) is 18.9 Å². The molecular weight excluding hydrogens is 560 g/mol. The second-order valence-corrected chi connectivity index (χ2v) is 9.97. The molecule has 1 aromatic rings. The van der Waals surface area contributed by atoms with Crippen LogP contribution in [-0.2, 0) is 49.3 Å². The van der Waals surface area contributed by atoms with Crippen molar-refractivity contribution in [2.45, 2.75) is 39.7 Å². The lowest BCUT2D eigenvalue weighted by molar-refractivity contribution is -0.137. The minimum atomic E-state index is -0.784. The molecule has 13 heteroatoms. The lowest BCUT2D eigenvalue weighted by Crippen LogP contribution is -2.51. The highest BCUT2D eigenvalue weighted by Crippen LogP contribution is 2.10. The van der Waals surface area contributed by atoms with E-state index in [1.165, 1.54) is 12.2 Å². The van der Waals surface area contributed by atoms with Crippen LogP contribution in [0, 0.1) is 5.92 Å². The Bertz CT molecular complexity index is 1060. The van der Waals surface area contributed by atoms with Gasteiger partial charge in [0.15, 0.2) is 0 Å². The van der Waals surface area contributed by atoms with Crippen LogP contribution in [-0.4, -0.2) is 106 Å². The summed E-state index contributed by atoms with van der Waals surface area (Å²) >= 11 is 0. The third-order valence-corrected chi connectivity index (χ3v) is 6.28. The van der Waals surface area contributed by atoms with Gasteiger partial charge in [-0.1, -0.05) is 32.9 Å². The Morgan fingerprint density at radius 3 is 1.84 bits per heavy atom. The molecule has 1 aromatic carbocycles. The van der Waals surface area contributed by atoms with Gasteiger partial charge >= 0.3 is 0 Å². The number of anilines is 1. The molecule has 13 nitrogen and oxygen atoms in total. The lowest BCUT2D eigenvalue weighted by atomic mass is 10.0. The number of hydrogen-bond acceptors (Lipinski definition) is 9. The van der Waals surface area contributed by atoms with Gasteiger partial charge in [0.05, 0.1) is 65.9 Å². The van der Waals surface area contributed by atoms with Crippen LogP contribution in [0.15, 0.2) is 36.4 Å². The summed E-state index contributed by atoms with van der Waals surface area (Å²) in [7, 11) is 0. The molecule has 0 aromatic heterocycles. The van der Waals surface area contributed by atoms with Gasteiger partial charge in [-0.15, -0.1) is 0 Å². The Morgan fingerprint density at radius 1 is 0.767 bits per heavy atom. The fraction of sp³-hybridized carbons (Fsp3) is 0.567. The first kappa shape index (κ1) is 35.5. The number of nitrogens with one attached hydrogen (secondary N) is 3. The molecule has 1 aliphatic heterocycles. The largest absolute Gasteiger partial charge is 0.379 e. The van der Waals surface area contributed by atoms with Crippen molar-refractivity contribution in [3.63, 3.8) is 0 Å². The van der Waals surface area contributed by atoms with Crippen molar-refractivity contribution in [1.29, 1.82) is 0 Å². The van der Waals surface area contributed by atoms with Crippen molar-refractivity contribution >= 4 is 35.2 Å². The van der Waals surface area contributed by atoms with Crippen molar-refractivity contribution < 1.29 is 42.9 Å². The van der Waals surface area contributed by atoms with E-state index in [0.29, 0.717) is 45.3 Å². The van der Waals surface area contributed by atoms with Gasteiger partial charge in [0.25, 0.3) is 11.8 Å². The number of amides is 5. The van der Waals surface area contributed by atoms with Crippen LogP contribution in [0.4, 0.5) is 5.69 Å². The van der Waals surface area contributed by atoms with Crippen molar-refractivity contribution in [3.05, 3.63) is 42.0 Å². The van der Waals surface area contributed by atoms with Crippen LogP contribution >= 0.6 is 0 Å². The molecule has 43 heavy (non-hydrogen) atoms. The fourth-order valence-electron chi connectivity index (χ4n) is 3.82. The molecule has 0 spiro atoms. The average Bonchev–Trinajstić information content (AvgIpc) is 3.31. The molecule has 0 radical (unpaired) electrons. The predicted molar refractivity (Wildman–Crippen MR) is 158 cm³/mol. The monoisotopic (exact) mass is 604 g/mol. The van der Waals surface area contributed by atoms with Crippen molar-refractivity contribution in [2.24, 2.45) is 5.92 Å². The van der Waals surface area contributed by atoms with Gasteiger partial charge in [0.2, 0.25) is 17.7 Å². The summed E-state index contributed by atoms with van der Waals surface area (Å²) in [6.07, 6.45) is 3.45. The first-order valence-electron chi connectivity index (χ1n) is 14.5. The van der Waals surface area contributed by atoms with E-state index in [-0.39, 0.29) is 62.3 Å². The van der Waals surface area contributed by atoms with Crippen molar-refractivity contribution in [3.8, 4) is 0 Å². The molecule has 0 aliphatic carbocycles. The molecule has 238 valence electrons. The third-order valence-electron chi connectivity index (χ3n) is 6.28. The summed E-state index contributed by atoms with van der Waals surface area (Å²) in [4.78, 5) is 61.1. The van der Waals surface area contributed by atoms with Gasteiger partial charge in [-0.05, 0) is 30.0 Å². The zero-order valence-electron chi connectivity index (χ0n) is 25.2. The first-order chi connectivity index (χ1) is 20.7. The van der Waals surface area contributed by atoms with Crippen LogP contribution in [0.1, 0.15) is 32.8 Å². The number of hydrogen-bond donors (Lipinski definition) is 3. The molecule has 3 N–H and O–H groups in total. The summed E-state index contributed by atoms with van der Waals surface area (Å²) in [5, 5.41) is 8.03. The number of ether oxygens (including phenoxy) is 4. The smallest absolute Gasteiger partial charge is 0.253 e. The Morgan fingerprint density at radius 2 is 1.30 bits per heavy atom. The predicted octanol–water partition coefficient (Wildman–Crippen LogP) is 0.826. The quantitative estimate of drug-likeness (QED) is 0.129. The summed E-state index contributed by atoms with van der Waals surface area (Å²) in [6.45, 7) is 8.11. The number of imide groups is 1. The molecule has 0 saturated heterocycles. The number of rotatable bonds is 22. The SMILES string of the molecule is CCc1ccc(NC(=O)CNC(=O)C(NC(=O)CCOCCOCCOCCOCCN2C(=O)C=CC2=O)C(C)C)cc1. The molecule has 2 rings (SSSR count). The fourth-order valence-corrected chi connectivity index (χ4v) is 3.82.